The van der Waals surface area contributed by atoms with Crippen LogP contribution >= 0.6 is 0 Å². The van der Waals surface area contributed by atoms with Crippen LogP contribution in [-0.4, -0.2) is 25.1 Å². The summed E-state index contributed by atoms with van der Waals surface area (Å²) in [5.74, 6) is -0.283. The van der Waals surface area contributed by atoms with Crippen LogP contribution in [0.15, 0.2) is 110 Å². The summed E-state index contributed by atoms with van der Waals surface area (Å²) < 4.78 is 14.0. The fourth-order valence-corrected chi connectivity index (χ4v) is 5.04. The Morgan fingerprint density at radius 3 is 2.49 bits per heavy atom. The van der Waals surface area contributed by atoms with Gasteiger partial charge in [0.15, 0.2) is 5.65 Å². The van der Waals surface area contributed by atoms with Crippen LogP contribution in [0, 0.1) is 12.7 Å². The van der Waals surface area contributed by atoms with Gasteiger partial charge >= 0.3 is 0 Å². The molecule has 6 rings (SSSR count). The molecule has 0 fully saturated rings. The van der Waals surface area contributed by atoms with Gasteiger partial charge in [-0.2, -0.15) is 5.10 Å². The number of pyridine rings is 2. The number of nitrogens with zero attached hydrogens (tertiary/aromatic N) is 3. The van der Waals surface area contributed by atoms with Gasteiger partial charge in [0.25, 0.3) is 0 Å². The van der Waals surface area contributed by atoms with Crippen LogP contribution in [0.1, 0.15) is 41.8 Å². The Morgan fingerprint density at radius 2 is 1.70 bits per heavy atom. The van der Waals surface area contributed by atoms with Crippen molar-refractivity contribution >= 4 is 16.6 Å². The van der Waals surface area contributed by atoms with Crippen molar-refractivity contribution in [1.29, 1.82) is 0 Å². The zero-order valence-electron chi connectivity index (χ0n) is 24.7. The zero-order valence-corrected chi connectivity index (χ0v) is 24.7. The van der Waals surface area contributed by atoms with Gasteiger partial charge in [-0.1, -0.05) is 75.0 Å². The second-order valence-electron chi connectivity index (χ2n) is 9.91. The molecule has 0 saturated carbocycles. The number of benzene rings is 2. The van der Waals surface area contributed by atoms with Gasteiger partial charge in [-0.15, -0.1) is 0 Å². The molecule has 0 amide bonds. The first-order valence-corrected chi connectivity index (χ1v) is 14.4. The molecule has 0 spiro atoms. The summed E-state index contributed by atoms with van der Waals surface area (Å²) in [6.07, 6.45) is 9.17. The van der Waals surface area contributed by atoms with Gasteiger partial charge in [-0.25, -0.2) is 9.37 Å². The van der Waals surface area contributed by atoms with Crippen LogP contribution in [0.25, 0.3) is 39.1 Å². The number of nitrogens with one attached hydrogen (secondary N) is 3. The largest absolute Gasteiger partial charge is 0.357 e. The Kier molecular flexibility index (Phi) is 9.34. The number of hydrogen-bond acceptors (Lipinski definition) is 4. The summed E-state index contributed by atoms with van der Waals surface area (Å²) in [5, 5.41) is 12.0. The van der Waals surface area contributed by atoms with E-state index in [1.807, 2.05) is 69.7 Å². The van der Waals surface area contributed by atoms with Crippen molar-refractivity contribution in [3.8, 4) is 22.5 Å². The summed E-state index contributed by atoms with van der Waals surface area (Å²) in [5.41, 5.74) is 10.1. The number of aromatic nitrogens is 5. The van der Waals surface area contributed by atoms with Crippen LogP contribution in [0.2, 0.25) is 0 Å². The average Bonchev–Trinajstić information content (AvgIpc) is 3.64. The molecule has 0 unspecified atom stereocenters. The van der Waals surface area contributed by atoms with Crippen LogP contribution in [0.3, 0.4) is 0 Å². The predicted molar refractivity (Wildman–Crippen MR) is 174 cm³/mol. The molecule has 0 aliphatic heterocycles. The van der Waals surface area contributed by atoms with Crippen LogP contribution in [0.4, 0.5) is 4.39 Å². The standard InChI is InChI=1S/C34H29FN6.C2H6/c1-3-8-29(25-11-7-12-28(35)14-25)30-16-32(39-22(30)2)33-31-15-27(21-38-34(31)41-40-33)26-13-24(19-37-20-26)18-36-17-23-9-5-4-6-10-23;1-2/h3-16,19-21,36,39H,1,17-18H2,2H3,(H,38,40,41);1-2H3/b29-8-;. The quantitative estimate of drug-likeness (QED) is 0.152. The van der Waals surface area contributed by atoms with Gasteiger partial charge < -0.3 is 10.3 Å². The molecule has 4 heterocycles. The van der Waals surface area contributed by atoms with E-state index in [1.54, 1.807) is 12.1 Å². The smallest absolute Gasteiger partial charge is 0.181 e. The SMILES string of the molecule is C=C/C=C(/c1cccc(F)c1)c1cc(-c2[nH]nc3ncc(-c4cncc(CNCc5ccccc5)c4)cc23)[nH]c1C.CC. The third-order valence-electron chi connectivity index (χ3n) is 7.03. The Labute approximate surface area is 251 Å². The van der Waals surface area contributed by atoms with E-state index in [0.29, 0.717) is 12.2 Å². The van der Waals surface area contributed by atoms with Gasteiger partial charge in [-0.05, 0) is 59.5 Å². The highest BCUT2D eigenvalue weighted by Gasteiger charge is 2.17. The van der Waals surface area contributed by atoms with E-state index in [0.717, 1.165) is 62.4 Å². The molecule has 0 aliphatic carbocycles. The lowest BCUT2D eigenvalue weighted by molar-refractivity contribution is 0.627. The topological polar surface area (TPSA) is 82.3 Å². The third-order valence-corrected chi connectivity index (χ3v) is 7.03. The van der Waals surface area contributed by atoms with E-state index < -0.39 is 0 Å². The van der Waals surface area contributed by atoms with E-state index in [9.17, 15) is 4.39 Å². The summed E-state index contributed by atoms with van der Waals surface area (Å²) in [6.45, 7) is 11.4. The van der Waals surface area contributed by atoms with E-state index in [-0.39, 0.29) is 5.82 Å². The van der Waals surface area contributed by atoms with Crippen LogP contribution in [-0.2, 0) is 13.1 Å². The van der Waals surface area contributed by atoms with E-state index in [1.165, 1.54) is 17.7 Å². The molecule has 0 bridgehead atoms. The predicted octanol–water partition coefficient (Wildman–Crippen LogP) is 8.40. The molecular weight excluding hydrogens is 535 g/mol. The fourth-order valence-electron chi connectivity index (χ4n) is 5.04. The van der Waals surface area contributed by atoms with Crippen LogP contribution < -0.4 is 5.32 Å². The number of halogens is 1. The molecule has 2 aromatic carbocycles. The molecule has 6 aromatic rings. The van der Waals surface area contributed by atoms with Crippen molar-refractivity contribution in [2.75, 3.05) is 0 Å². The van der Waals surface area contributed by atoms with Crippen molar-refractivity contribution in [3.05, 3.63) is 144 Å². The highest BCUT2D eigenvalue weighted by atomic mass is 19.1. The normalized spacial score (nSPS) is 11.3. The molecule has 0 aliphatic rings. The van der Waals surface area contributed by atoms with Crippen molar-refractivity contribution in [2.24, 2.45) is 0 Å². The van der Waals surface area contributed by atoms with Gasteiger partial charge in [0.05, 0.1) is 11.4 Å². The van der Waals surface area contributed by atoms with Crippen molar-refractivity contribution in [3.63, 3.8) is 0 Å². The molecule has 7 heteroatoms. The summed E-state index contributed by atoms with van der Waals surface area (Å²) in [4.78, 5) is 12.6. The van der Waals surface area contributed by atoms with Gasteiger partial charge in [-0.3, -0.25) is 10.1 Å². The maximum absolute atomic E-state index is 14.0. The van der Waals surface area contributed by atoms with Gasteiger partial charge in [0.2, 0.25) is 0 Å². The number of hydrogen-bond donors (Lipinski definition) is 3. The van der Waals surface area contributed by atoms with Crippen molar-refractivity contribution in [1.82, 2.24) is 30.5 Å². The second kappa shape index (κ2) is 13.7. The summed E-state index contributed by atoms with van der Waals surface area (Å²) >= 11 is 0. The van der Waals surface area contributed by atoms with Gasteiger partial charge in [0.1, 0.15) is 5.82 Å². The fraction of sp³-hybridized carbons (Fsp3) is 0.139. The molecule has 43 heavy (non-hydrogen) atoms. The first-order valence-electron chi connectivity index (χ1n) is 14.4. The Balaban J connectivity index is 0.00000180. The average molecular weight is 571 g/mol. The lowest BCUT2D eigenvalue weighted by Gasteiger charge is -2.07. The lowest BCUT2D eigenvalue weighted by Crippen LogP contribution is -2.12. The zero-order chi connectivity index (χ0) is 30.2. The van der Waals surface area contributed by atoms with Crippen molar-refractivity contribution < 1.29 is 4.39 Å². The third kappa shape index (κ3) is 6.68. The Hall–Kier alpha value is -5.14. The monoisotopic (exact) mass is 570 g/mol. The first-order chi connectivity index (χ1) is 21.1. The van der Waals surface area contributed by atoms with E-state index in [4.69, 9.17) is 0 Å². The highest BCUT2D eigenvalue weighted by molar-refractivity contribution is 5.94. The second-order valence-corrected chi connectivity index (χ2v) is 9.91. The maximum Gasteiger partial charge on any atom is 0.181 e. The number of fused-ring (bicyclic) bond motifs is 1. The van der Waals surface area contributed by atoms with Gasteiger partial charge in [0, 0.05) is 59.5 Å². The molecule has 0 radical (unpaired) electrons. The molecule has 0 saturated heterocycles. The van der Waals surface area contributed by atoms with Crippen LogP contribution in [0.5, 0.6) is 0 Å². The molecule has 216 valence electrons. The molecule has 6 nitrogen and oxygen atoms in total. The van der Waals surface area contributed by atoms with E-state index in [2.05, 4.69) is 67.4 Å². The number of H-pyrrole nitrogens is 2. The molecule has 3 N–H and O–H groups in total. The number of aryl methyl sites for hydroxylation is 1. The minimum absolute atomic E-state index is 0.283. The number of aromatic amines is 2. The minimum Gasteiger partial charge on any atom is -0.357 e. The highest BCUT2D eigenvalue weighted by Crippen LogP contribution is 2.34. The van der Waals surface area contributed by atoms with Crippen molar-refractivity contribution in [2.45, 2.75) is 33.9 Å². The molecule has 0 atom stereocenters. The number of allylic oxidation sites excluding steroid dienone is 2. The first kappa shape index (κ1) is 29.4. The lowest BCUT2D eigenvalue weighted by atomic mass is 9.97. The number of rotatable bonds is 9. The maximum atomic E-state index is 14.0. The Bertz CT molecular complexity index is 1870. The molecule has 4 aromatic heterocycles. The summed E-state index contributed by atoms with van der Waals surface area (Å²) in [6, 6.07) is 23.2. The minimum atomic E-state index is -0.283. The van der Waals surface area contributed by atoms with E-state index >= 15 is 0 Å². The Morgan fingerprint density at radius 1 is 0.907 bits per heavy atom. The summed E-state index contributed by atoms with van der Waals surface area (Å²) in [7, 11) is 0. The molecular formula is C36H35FN6.